The lowest BCUT2D eigenvalue weighted by Gasteiger charge is -2.10. The first kappa shape index (κ1) is 11.5. The molecule has 1 aromatic carbocycles. The third-order valence-electron chi connectivity index (χ3n) is 2.19. The minimum Gasteiger partial charge on any atom is -0.389 e. The highest BCUT2D eigenvalue weighted by molar-refractivity contribution is 7.80. The Hall–Kier alpha value is -2.01. The van der Waals surface area contributed by atoms with Crippen molar-refractivity contribution in [3.05, 3.63) is 54.1 Å². The first-order valence-corrected chi connectivity index (χ1v) is 5.34. The Labute approximate surface area is 103 Å². The van der Waals surface area contributed by atoms with Gasteiger partial charge >= 0.3 is 0 Å². The Morgan fingerprint density at radius 3 is 2.82 bits per heavy atom. The SMILES string of the molecule is NC(=S)c1cc(F)ccc1Nc1cccnc1. The van der Waals surface area contributed by atoms with E-state index in [-0.39, 0.29) is 10.8 Å². The monoisotopic (exact) mass is 247 g/mol. The fraction of sp³-hybridized carbons (Fsp3) is 0. The molecule has 1 heterocycles. The molecule has 0 saturated heterocycles. The van der Waals surface area contributed by atoms with E-state index in [1.165, 1.54) is 12.1 Å². The van der Waals surface area contributed by atoms with Crippen molar-refractivity contribution >= 4 is 28.6 Å². The van der Waals surface area contributed by atoms with Crippen LogP contribution in [0.5, 0.6) is 0 Å². The molecule has 0 unspecified atom stereocenters. The number of benzene rings is 1. The van der Waals surface area contributed by atoms with E-state index in [4.69, 9.17) is 18.0 Å². The number of hydrogen-bond donors (Lipinski definition) is 2. The van der Waals surface area contributed by atoms with E-state index in [1.807, 2.05) is 6.07 Å². The molecule has 2 aromatic rings. The molecule has 0 radical (unpaired) electrons. The van der Waals surface area contributed by atoms with Crippen LogP contribution in [0.25, 0.3) is 0 Å². The summed E-state index contributed by atoms with van der Waals surface area (Å²) in [4.78, 5) is 4.12. The predicted molar refractivity (Wildman–Crippen MR) is 69.8 cm³/mol. The highest BCUT2D eigenvalue weighted by Crippen LogP contribution is 2.21. The van der Waals surface area contributed by atoms with E-state index < -0.39 is 0 Å². The molecule has 0 aliphatic heterocycles. The van der Waals surface area contributed by atoms with Gasteiger partial charge in [-0.3, -0.25) is 4.98 Å². The van der Waals surface area contributed by atoms with Gasteiger partial charge < -0.3 is 11.1 Å². The average molecular weight is 247 g/mol. The molecule has 0 fully saturated rings. The number of aromatic nitrogens is 1. The third kappa shape index (κ3) is 2.76. The van der Waals surface area contributed by atoms with Gasteiger partial charge in [-0.15, -0.1) is 0 Å². The van der Waals surface area contributed by atoms with Gasteiger partial charge in [-0.1, -0.05) is 12.2 Å². The van der Waals surface area contributed by atoms with E-state index in [2.05, 4.69) is 10.3 Å². The first-order chi connectivity index (χ1) is 8.16. The summed E-state index contributed by atoms with van der Waals surface area (Å²) in [5.74, 6) is -0.371. The molecule has 0 saturated carbocycles. The van der Waals surface area contributed by atoms with Crippen molar-refractivity contribution in [3.63, 3.8) is 0 Å². The van der Waals surface area contributed by atoms with Crippen molar-refractivity contribution in [2.75, 3.05) is 5.32 Å². The maximum atomic E-state index is 13.1. The molecule has 0 amide bonds. The van der Waals surface area contributed by atoms with Crippen LogP contribution >= 0.6 is 12.2 Å². The number of nitrogens with one attached hydrogen (secondary N) is 1. The Morgan fingerprint density at radius 1 is 1.35 bits per heavy atom. The van der Waals surface area contributed by atoms with Gasteiger partial charge in [0.2, 0.25) is 0 Å². The highest BCUT2D eigenvalue weighted by Gasteiger charge is 2.07. The smallest absolute Gasteiger partial charge is 0.124 e. The number of rotatable bonds is 3. The molecule has 3 N–H and O–H groups in total. The number of nitrogens with zero attached hydrogens (tertiary/aromatic N) is 1. The van der Waals surface area contributed by atoms with Crippen molar-refractivity contribution < 1.29 is 4.39 Å². The molecule has 0 atom stereocenters. The highest BCUT2D eigenvalue weighted by atomic mass is 32.1. The molecule has 2 rings (SSSR count). The molecular formula is C12H10FN3S. The summed E-state index contributed by atoms with van der Waals surface area (Å²) in [6, 6.07) is 7.89. The molecule has 0 bridgehead atoms. The van der Waals surface area contributed by atoms with Gasteiger partial charge in [-0.25, -0.2) is 4.39 Å². The predicted octanol–water partition coefficient (Wildman–Crippen LogP) is 2.60. The number of pyridine rings is 1. The van der Waals surface area contributed by atoms with Gasteiger partial charge in [-0.2, -0.15) is 0 Å². The molecule has 5 heteroatoms. The van der Waals surface area contributed by atoms with Gasteiger partial charge in [-0.05, 0) is 30.3 Å². The Kier molecular flexibility index (Phi) is 3.30. The standard InChI is InChI=1S/C12H10FN3S/c13-8-3-4-11(10(6-8)12(14)17)16-9-2-1-5-15-7-9/h1-7,16H,(H2,14,17). The molecule has 3 nitrogen and oxygen atoms in total. The lowest BCUT2D eigenvalue weighted by atomic mass is 10.1. The van der Waals surface area contributed by atoms with Crippen molar-refractivity contribution in [2.45, 2.75) is 0 Å². The summed E-state index contributed by atoms with van der Waals surface area (Å²) >= 11 is 4.88. The van der Waals surface area contributed by atoms with Crippen LogP contribution in [0.1, 0.15) is 5.56 Å². The van der Waals surface area contributed by atoms with E-state index in [0.29, 0.717) is 11.3 Å². The molecular weight excluding hydrogens is 237 g/mol. The number of hydrogen-bond acceptors (Lipinski definition) is 3. The first-order valence-electron chi connectivity index (χ1n) is 4.93. The number of anilines is 2. The van der Waals surface area contributed by atoms with E-state index in [1.54, 1.807) is 24.5 Å². The summed E-state index contributed by atoms with van der Waals surface area (Å²) < 4.78 is 13.1. The van der Waals surface area contributed by atoms with Crippen LogP contribution in [0.2, 0.25) is 0 Å². The van der Waals surface area contributed by atoms with Crippen molar-refractivity contribution in [3.8, 4) is 0 Å². The summed E-state index contributed by atoms with van der Waals surface area (Å²) in [5.41, 5.74) is 7.47. The Morgan fingerprint density at radius 2 is 2.18 bits per heavy atom. The van der Waals surface area contributed by atoms with Gasteiger partial charge in [0, 0.05) is 17.4 Å². The summed E-state index contributed by atoms with van der Waals surface area (Å²) in [6.45, 7) is 0. The lowest BCUT2D eigenvalue weighted by molar-refractivity contribution is 0.628. The maximum absolute atomic E-state index is 13.1. The minimum atomic E-state index is -0.371. The third-order valence-corrected chi connectivity index (χ3v) is 2.41. The van der Waals surface area contributed by atoms with Crippen LogP contribution in [0.15, 0.2) is 42.7 Å². The number of halogens is 1. The van der Waals surface area contributed by atoms with Crippen LogP contribution < -0.4 is 11.1 Å². The van der Waals surface area contributed by atoms with Crippen molar-refractivity contribution in [1.82, 2.24) is 4.98 Å². The number of thiocarbonyl (C=S) groups is 1. The zero-order valence-electron chi connectivity index (χ0n) is 8.85. The molecule has 0 aliphatic carbocycles. The average Bonchev–Trinajstić information content (AvgIpc) is 2.32. The second-order valence-electron chi connectivity index (χ2n) is 3.42. The molecule has 17 heavy (non-hydrogen) atoms. The van der Waals surface area contributed by atoms with Gasteiger partial charge in [0.15, 0.2) is 0 Å². The number of nitrogens with two attached hydrogens (primary N) is 1. The normalized spacial score (nSPS) is 9.94. The van der Waals surface area contributed by atoms with Crippen LogP contribution in [0.3, 0.4) is 0 Å². The largest absolute Gasteiger partial charge is 0.389 e. The quantitative estimate of drug-likeness (QED) is 0.819. The fourth-order valence-corrected chi connectivity index (χ4v) is 1.59. The van der Waals surface area contributed by atoms with Gasteiger partial charge in [0.05, 0.1) is 11.9 Å². The molecule has 0 aliphatic rings. The van der Waals surface area contributed by atoms with Crippen LogP contribution in [0, 0.1) is 5.82 Å². The zero-order chi connectivity index (χ0) is 12.3. The summed E-state index contributed by atoms with van der Waals surface area (Å²) in [6.07, 6.45) is 3.33. The van der Waals surface area contributed by atoms with Crippen LogP contribution in [-0.2, 0) is 0 Å². The van der Waals surface area contributed by atoms with Gasteiger partial charge in [0.25, 0.3) is 0 Å². The van der Waals surface area contributed by atoms with E-state index in [9.17, 15) is 4.39 Å². The second kappa shape index (κ2) is 4.88. The molecule has 86 valence electrons. The van der Waals surface area contributed by atoms with E-state index in [0.717, 1.165) is 5.69 Å². The van der Waals surface area contributed by atoms with E-state index >= 15 is 0 Å². The summed E-state index contributed by atoms with van der Waals surface area (Å²) in [5, 5.41) is 3.08. The zero-order valence-corrected chi connectivity index (χ0v) is 9.67. The molecule has 0 spiro atoms. The molecule has 1 aromatic heterocycles. The maximum Gasteiger partial charge on any atom is 0.124 e. The Balaban J connectivity index is 2.36. The topological polar surface area (TPSA) is 50.9 Å². The van der Waals surface area contributed by atoms with Gasteiger partial charge in [0.1, 0.15) is 10.8 Å². The van der Waals surface area contributed by atoms with Crippen molar-refractivity contribution in [1.29, 1.82) is 0 Å². The minimum absolute atomic E-state index is 0.149. The summed E-state index contributed by atoms with van der Waals surface area (Å²) in [7, 11) is 0. The lowest BCUT2D eigenvalue weighted by Crippen LogP contribution is -2.12. The van der Waals surface area contributed by atoms with Crippen LogP contribution in [0.4, 0.5) is 15.8 Å². The van der Waals surface area contributed by atoms with Crippen molar-refractivity contribution in [2.24, 2.45) is 5.73 Å². The second-order valence-corrected chi connectivity index (χ2v) is 3.86. The fourth-order valence-electron chi connectivity index (χ4n) is 1.42. The van der Waals surface area contributed by atoms with Crippen LogP contribution in [-0.4, -0.2) is 9.97 Å². The Bertz CT molecular complexity index is 543.